The summed E-state index contributed by atoms with van der Waals surface area (Å²) in [6.45, 7) is -0.0717. The number of hydrogen-bond donors (Lipinski definition) is 3. The summed E-state index contributed by atoms with van der Waals surface area (Å²) in [6, 6.07) is 10.9. The van der Waals surface area contributed by atoms with Gasteiger partial charge in [-0.25, -0.2) is 9.78 Å². The Morgan fingerprint density at radius 2 is 1.93 bits per heavy atom. The summed E-state index contributed by atoms with van der Waals surface area (Å²) in [5, 5.41) is 22.1. The number of rotatable bonds is 6. The second-order valence-corrected chi connectivity index (χ2v) is 6.93. The van der Waals surface area contributed by atoms with E-state index >= 15 is 0 Å². The Morgan fingerprint density at radius 1 is 1.15 bits per heavy atom. The number of benzene rings is 1. The van der Waals surface area contributed by atoms with E-state index < -0.39 is 6.09 Å². The quantitative estimate of drug-likeness (QED) is 0.572. The van der Waals surface area contributed by atoms with Crippen molar-refractivity contribution in [3.63, 3.8) is 0 Å². The van der Waals surface area contributed by atoms with E-state index in [0.29, 0.717) is 20.5 Å². The first-order chi connectivity index (χ1) is 13.1. The van der Waals surface area contributed by atoms with Crippen LogP contribution in [-0.2, 0) is 13.2 Å². The van der Waals surface area contributed by atoms with Crippen LogP contribution in [0.1, 0.15) is 11.1 Å². The lowest BCUT2D eigenvalue weighted by Gasteiger charge is -2.17. The average Bonchev–Trinajstić information content (AvgIpc) is 2.69. The molecule has 0 fully saturated rings. The molecule has 0 aliphatic carbocycles. The Kier molecular flexibility index (Phi) is 6.28. The summed E-state index contributed by atoms with van der Waals surface area (Å²) in [7, 11) is 0. The second-order valence-electron chi connectivity index (χ2n) is 5.53. The molecule has 1 aromatic carbocycles. The topological polar surface area (TPSA) is 95.3 Å². The maximum Gasteiger partial charge on any atom is 0.404 e. The van der Waals surface area contributed by atoms with E-state index in [0.717, 1.165) is 16.7 Å². The smallest absolute Gasteiger partial charge is 0.404 e. The van der Waals surface area contributed by atoms with Crippen molar-refractivity contribution in [1.29, 1.82) is 0 Å². The van der Waals surface area contributed by atoms with Gasteiger partial charge in [0, 0.05) is 35.6 Å². The van der Waals surface area contributed by atoms with Crippen molar-refractivity contribution in [2.45, 2.75) is 23.1 Å². The molecule has 0 spiro atoms. The molecule has 0 saturated heterocycles. The number of aliphatic hydroxyl groups excluding tert-OH is 1. The highest BCUT2D eigenvalue weighted by Crippen LogP contribution is 2.40. The SMILES string of the molecule is O=C(O)NCc1c(-c2ccncc2)ccc(Cl)c1Sc1ncccc1CO. The zero-order valence-electron chi connectivity index (χ0n) is 14.1. The zero-order valence-corrected chi connectivity index (χ0v) is 15.7. The van der Waals surface area contributed by atoms with Gasteiger partial charge in [-0.1, -0.05) is 35.5 Å². The van der Waals surface area contributed by atoms with Gasteiger partial charge in [0.25, 0.3) is 0 Å². The van der Waals surface area contributed by atoms with Crippen LogP contribution in [0.15, 0.2) is 64.9 Å². The first-order valence-electron chi connectivity index (χ1n) is 8.01. The minimum atomic E-state index is -1.12. The Morgan fingerprint density at radius 3 is 2.63 bits per heavy atom. The first-order valence-corrected chi connectivity index (χ1v) is 9.20. The van der Waals surface area contributed by atoms with E-state index in [9.17, 15) is 9.90 Å². The highest BCUT2D eigenvalue weighted by Gasteiger charge is 2.17. The molecule has 138 valence electrons. The third-order valence-corrected chi connectivity index (χ3v) is 5.50. The van der Waals surface area contributed by atoms with Crippen LogP contribution in [-0.4, -0.2) is 26.3 Å². The van der Waals surface area contributed by atoms with Gasteiger partial charge in [-0.05, 0) is 41.0 Å². The maximum absolute atomic E-state index is 11.1. The van der Waals surface area contributed by atoms with Crippen molar-refractivity contribution >= 4 is 29.5 Å². The number of carboxylic acid groups (broad SMARTS) is 1. The first kappa shape index (κ1) is 19.2. The number of carbonyl (C=O) groups is 1. The molecular weight excluding hydrogens is 386 g/mol. The van der Waals surface area contributed by atoms with Crippen LogP contribution in [0.2, 0.25) is 5.02 Å². The van der Waals surface area contributed by atoms with Crippen LogP contribution in [0.25, 0.3) is 11.1 Å². The van der Waals surface area contributed by atoms with Crippen molar-refractivity contribution in [3.05, 3.63) is 71.1 Å². The van der Waals surface area contributed by atoms with Gasteiger partial charge in [-0.2, -0.15) is 0 Å². The molecule has 6 nitrogen and oxygen atoms in total. The zero-order chi connectivity index (χ0) is 19.2. The summed E-state index contributed by atoms with van der Waals surface area (Å²) in [5.41, 5.74) is 3.15. The number of halogens is 1. The molecule has 2 heterocycles. The van der Waals surface area contributed by atoms with Gasteiger partial charge in [0.2, 0.25) is 0 Å². The van der Waals surface area contributed by atoms with Crippen LogP contribution in [0.5, 0.6) is 0 Å². The van der Waals surface area contributed by atoms with Crippen molar-refractivity contribution in [2.24, 2.45) is 0 Å². The molecule has 0 saturated carbocycles. The van der Waals surface area contributed by atoms with Crippen molar-refractivity contribution in [1.82, 2.24) is 15.3 Å². The lowest BCUT2D eigenvalue weighted by Crippen LogP contribution is -2.21. The molecule has 3 aromatic rings. The molecule has 0 aliphatic heterocycles. The molecule has 2 aromatic heterocycles. The van der Waals surface area contributed by atoms with Gasteiger partial charge in [-0.3, -0.25) is 4.98 Å². The highest BCUT2D eigenvalue weighted by molar-refractivity contribution is 7.99. The Hall–Kier alpha value is -2.61. The Balaban J connectivity index is 2.12. The van der Waals surface area contributed by atoms with Gasteiger partial charge < -0.3 is 15.5 Å². The number of nitrogens with one attached hydrogen (secondary N) is 1. The minimum Gasteiger partial charge on any atom is -0.465 e. The summed E-state index contributed by atoms with van der Waals surface area (Å²) in [4.78, 5) is 20.1. The Labute approximate surface area is 165 Å². The molecule has 3 N–H and O–H groups in total. The molecule has 0 unspecified atom stereocenters. The number of nitrogens with zero attached hydrogens (tertiary/aromatic N) is 2. The average molecular weight is 402 g/mol. The van der Waals surface area contributed by atoms with Gasteiger partial charge in [-0.15, -0.1) is 0 Å². The number of pyridine rings is 2. The highest BCUT2D eigenvalue weighted by atomic mass is 35.5. The van der Waals surface area contributed by atoms with Crippen molar-refractivity contribution in [3.8, 4) is 11.1 Å². The summed E-state index contributed by atoms with van der Waals surface area (Å²) in [5.74, 6) is 0. The Bertz CT molecular complexity index is 954. The largest absolute Gasteiger partial charge is 0.465 e. The van der Waals surface area contributed by atoms with Gasteiger partial charge in [0.15, 0.2) is 0 Å². The second kappa shape index (κ2) is 8.85. The number of amides is 1. The minimum absolute atomic E-state index is 0.0805. The predicted molar refractivity (Wildman–Crippen MR) is 104 cm³/mol. The van der Waals surface area contributed by atoms with E-state index in [1.54, 1.807) is 36.8 Å². The van der Waals surface area contributed by atoms with E-state index in [4.69, 9.17) is 16.7 Å². The van der Waals surface area contributed by atoms with Crippen molar-refractivity contribution < 1.29 is 15.0 Å². The molecule has 0 bridgehead atoms. The van der Waals surface area contributed by atoms with Crippen LogP contribution in [0.3, 0.4) is 0 Å². The third kappa shape index (κ3) is 4.57. The standard InChI is InChI=1S/C19H16ClN3O3S/c20-16-4-3-14(12-5-8-21-9-6-12)15(10-23-19(25)26)17(16)27-18-13(11-24)2-1-7-22-18/h1-9,23-24H,10-11H2,(H,25,26). The van der Waals surface area contributed by atoms with Crippen LogP contribution in [0.4, 0.5) is 4.79 Å². The van der Waals surface area contributed by atoms with E-state index in [2.05, 4.69) is 15.3 Å². The lowest BCUT2D eigenvalue weighted by atomic mass is 10.0. The van der Waals surface area contributed by atoms with Crippen LogP contribution < -0.4 is 5.32 Å². The van der Waals surface area contributed by atoms with E-state index in [1.165, 1.54) is 11.8 Å². The normalized spacial score (nSPS) is 10.6. The molecular formula is C19H16ClN3O3S. The lowest BCUT2D eigenvalue weighted by molar-refractivity contribution is 0.194. The maximum atomic E-state index is 11.1. The molecule has 8 heteroatoms. The molecule has 3 rings (SSSR count). The predicted octanol–water partition coefficient (Wildman–Crippen LogP) is 4.21. The summed E-state index contributed by atoms with van der Waals surface area (Å²) >= 11 is 7.75. The molecule has 0 atom stereocenters. The fourth-order valence-electron chi connectivity index (χ4n) is 2.58. The number of hydrogen-bond acceptors (Lipinski definition) is 5. The van der Waals surface area contributed by atoms with Gasteiger partial charge in [0.05, 0.1) is 11.6 Å². The fourth-order valence-corrected chi connectivity index (χ4v) is 3.92. The number of aromatic nitrogens is 2. The van der Waals surface area contributed by atoms with Gasteiger partial charge >= 0.3 is 6.09 Å². The molecule has 1 amide bonds. The van der Waals surface area contributed by atoms with Crippen molar-refractivity contribution in [2.75, 3.05) is 0 Å². The monoisotopic (exact) mass is 401 g/mol. The van der Waals surface area contributed by atoms with Crippen LogP contribution in [0, 0.1) is 0 Å². The van der Waals surface area contributed by atoms with Gasteiger partial charge in [0.1, 0.15) is 5.03 Å². The van der Waals surface area contributed by atoms with E-state index in [1.807, 2.05) is 18.2 Å². The molecule has 0 aliphatic rings. The fraction of sp³-hybridized carbons (Fsp3) is 0.105. The summed E-state index contributed by atoms with van der Waals surface area (Å²) < 4.78 is 0. The third-order valence-electron chi connectivity index (χ3n) is 3.84. The number of aliphatic hydroxyl groups is 1. The van der Waals surface area contributed by atoms with E-state index in [-0.39, 0.29) is 13.2 Å². The van der Waals surface area contributed by atoms with Crippen LogP contribution >= 0.6 is 23.4 Å². The molecule has 27 heavy (non-hydrogen) atoms. The summed E-state index contributed by atoms with van der Waals surface area (Å²) in [6.07, 6.45) is 3.86. The molecule has 0 radical (unpaired) electrons.